The molecule has 0 unspecified atom stereocenters. The fraction of sp³-hybridized carbons (Fsp3) is 0. The average Bonchev–Trinajstić information content (AvgIpc) is 2.63. The van der Waals surface area contributed by atoms with Crippen molar-refractivity contribution in [1.82, 2.24) is 4.98 Å². The number of nitrogens with zero attached hydrogens (tertiary/aromatic N) is 1. The minimum atomic E-state index is -1.11. The lowest BCUT2D eigenvalue weighted by Crippen LogP contribution is -2.14. The summed E-state index contributed by atoms with van der Waals surface area (Å²) >= 11 is 0. The number of rotatable bonds is 4. The van der Waals surface area contributed by atoms with Gasteiger partial charge in [0.15, 0.2) is 0 Å². The van der Waals surface area contributed by atoms with Crippen LogP contribution in [0.4, 0.5) is 10.2 Å². The van der Waals surface area contributed by atoms with Crippen molar-refractivity contribution in [3.63, 3.8) is 0 Å². The standard InChI is InChI=1S/C19H13FN2O3/c20-14-7-8-15(12-4-2-1-3-5-12)16(10-14)18(23)22-17-9-6-13(11-21-17)19(24)25/h1-11H,(H,24,25)(H,21,22,23). The van der Waals surface area contributed by atoms with Crippen LogP contribution in [0.2, 0.25) is 0 Å². The molecule has 0 fully saturated rings. The van der Waals surface area contributed by atoms with Gasteiger partial charge >= 0.3 is 5.97 Å². The monoisotopic (exact) mass is 336 g/mol. The van der Waals surface area contributed by atoms with E-state index in [1.165, 1.54) is 18.2 Å². The van der Waals surface area contributed by atoms with E-state index in [2.05, 4.69) is 10.3 Å². The zero-order valence-corrected chi connectivity index (χ0v) is 12.9. The van der Waals surface area contributed by atoms with E-state index in [9.17, 15) is 14.0 Å². The predicted molar refractivity (Wildman–Crippen MR) is 91.0 cm³/mol. The number of carbonyl (C=O) groups is 2. The van der Waals surface area contributed by atoms with Crippen LogP contribution in [0.3, 0.4) is 0 Å². The second kappa shape index (κ2) is 6.92. The van der Waals surface area contributed by atoms with E-state index in [-0.39, 0.29) is 16.9 Å². The van der Waals surface area contributed by atoms with Gasteiger partial charge < -0.3 is 10.4 Å². The van der Waals surface area contributed by atoms with Crippen LogP contribution in [0, 0.1) is 5.82 Å². The molecule has 2 aromatic carbocycles. The summed E-state index contributed by atoms with van der Waals surface area (Å²) in [4.78, 5) is 27.3. The number of hydrogen-bond donors (Lipinski definition) is 2. The maximum atomic E-state index is 13.6. The van der Waals surface area contributed by atoms with Crippen LogP contribution in [0.25, 0.3) is 11.1 Å². The van der Waals surface area contributed by atoms with Crippen LogP contribution >= 0.6 is 0 Å². The number of nitrogens with one attached hydrogen (secondary N) is 1. The molecule has 124 valence electrons. The number of carboxylic acids is 1. The Morgan fingerprint density at radius 3 is 2.40 bits per heavy atom. The van der Waals surface area contributed by atoms with Gasteiger partial charge in [-0.05, 0) is 35.4 Å². The molecule has 0 saturated carbocycles. The van der Waals surface area contributed by atoms with Crippen LogP contribution in [-0.2, 0) is 0 Å². The number of halogens is 1. The molecule has 1 amide bonds. The molecule has 0 aliphatic heterocycles. The first-order valence-corrected chi connectivity index (χ1v) is 7.40. The first-order valence-electron chi connectivity index (χ1n) is 7.40. The smallest absolute Gasteiger partial charge is 0.337 e. The maximum absolute atomic E-state index is 13.6. The predicted octanol–water partition coefficient (Wildman–Crippen LogP) is 3.84. The molecule has 1 aromatic heterocycles. The number of aromatic nitrogens is 1. The normalized spacial score (nSPS) is 10.3. The zero-order chi connectivity index (χ0) is 17.8. The van der Waals surface area contributed by atoms with E-state index >= 15 is 0 Å². The lowest BCUT2D eigenvalue weighted by molar-refractivity contribution is 0.0696. The van der Waals surface area contributed by atoms with Crippen LogP contribution < -0.4 is 5.32 Å². The Balaban J connectivity index is 1.91. The van der Waals surface area contributed by atoms with Crippen LogP contribution in [0.5, 0.6) is 0 Å². The molecular formula is C19H13FN2O3. The van der Waals surface area contributed by atoms with Crippen molar-refractivity contribution in [2.75, 3.05) is 5.32 Å². The molecule has 3 rings (SSSR count). The number of aromatic carboxylic acids is 1. The van der Waals surface area contributed by atoms with Crippen molar-refractivity contribution >= 4 is 17.7 Å². The number of carboxylic acid groups (broad SMARTS) is 1. The third-order valence-electron chi connectivity index (χ3n) is 3.56. The number of benzene rings is 2. The lowest BCUT2D eigenvalue weighted by Gasteiger charge is -2.10. The van der Waals surface area contributed by atoms with Crippen molar-refractivity contribution in [3.8, 4) is 11.1 Å². The average molecular weight is 336 g/mol. The van der Waals surface area contributed by atoms with E-state index in [1.54, 1.807) is 6.07 Å². The van der Waals surface area contributed by atoms with Crippen molar-refractivity contribution in [2.45, 2.75) is 0 Å². The molecule has 0 aliphatic rings. The zero-order valence-electron chi connectivity index (χ0n) is 12.9. The molecule has 3 aromatic rings. The second-order valence-electron chi connectivity index (χ2n) is 5.25. The quantitative estimate of drug-likeness (QED) is 0.759. The molecule has 1 heterocycles. The molecule has 25 heavy (non-hydrogen) atoms. The molecule has 0 atom stereocenters. The molecule has 0 aliphatic carbocycles. The summed E-state index contributed by atoms with van der Waals surface area (Å²) in [7, 11) is 0. The Morgan fingerprint density at radius 2 is 1.76 bits per heavy atom. The highest BCUT2D eigenvalue weighted by atomic mass is 19.1. The highest BCUT2D eigenvalue weighted by molar-refractivity contribution is 6.08. The van der Waals surface area contributed by atoms with E-state index < -0.39 is 17.7 Å². The van der Waals surface area contributed by atoms with Gasteiger partial charge in [0.25, 0.3) is 5.91 Å². The van der Waals surface area contributed by atoms with Crippen LogP contribution in [0.15, 0.2) is 66.9 Å². The second-order valence-corrected chi connectivity index (χ2v) is 5.25. The molecule has 0 bridgehead atoms. The molecule has 0 spiro atoms. The summed E-state index contributed by atoms with van der Waals surface area (Å²) < 4.78 is 13.6. The Morgan fingerprint density at radius 1 is 1.00 bits per heavy atom. The van der Waals surface area contributed by atoms with Gasteiger partial charge in [-0.25, -0.2) is 14.2 Å². The maximum Gasteiger partial charge on any atom is 0.337 e. The molecule has 2 N–H and O–H groups in total. The molecule has 0 radical (unpaired) electrons. The van der Waals surface area contributed by atoms with Gasteiger partial charge in [0.2, 0.25) is 0 Å². The van der Waals surface area contributed by atoms with Gasteiger partial charge in [0.05, 0.1) is 11.1 Å². The topological polar surface area (TPSA) is 79.3 Å². The van der Waals surface area contributed by atoms with E-state index in [4.69, 9.17) is 5.11 Å². The highest BCUT2D eigenvalue weighted by Gasteiger charge is 2.15. The first kappa shape index (κ1) is 16.3. The summed E-state index contributed by atoms with van der Waals surface area (Å²) in [5.41, 5.74) is 1.53. The van der Waals surface area contributed by atoms with Crippen molar-refractivity contribution < 1.29 is 19.1 Å². The Bertz CT molecular complexity index is 925. The largest absolute Gasteiger partial charge is 0.478 e. The molecular weight excluding hydrogens is 323 g/mol. The third kappa shape index (κ3) is 3.69. The van der Waals surface area contributed by atoms with Gasteiger partial charge in [0, 0.05) is 6.20 Å². The van der Waals surface area contributed by atoms with Crippen LogP contribution in [0.1, 0.15) is 20.7 Å². The van der Waals surface area contributed by atoms with Gasteiger partial charge in [-0.2, -0.15) is 0 Å². The summed E-state index contributed by atoms with van der Waals surface area (Å²) in [6, 6.07) is 15.8. The number of pyridine rings is 1. The molecule has 6 heteroatoms. The summed E-state index contributed by atoms with van der Waals surface area (Å²) in [6.07, 6.45) is 1.14. The van der Waals surface area contributed by atoms with E-state index in [1.807, 2.05) is 30.3 Å². The van der Waals surface area contributed by atoms with Gasteiger partial charge in [-0.15, -0.1) is 0 Å². The van der Waals surface area contributed by atoms with E-state index in [0.717, 1.165) is 17.8 Å². The van der Waals surface area contributed by atoms with Gasteiger partial charge in [-0.1, -0.05) is 36.4 Å². The number of carbonyl (C=O) groups excluding carboxylic acids is 1. The SMILES string of the molecule is O=C(O)c1ccc(NC(=O)c2cc(F)ccc2-c2ccccc2)nc1. The van der Waals surface area contributed by atoms with Crippen molar-refractivity contribution in [2.24, 2.45) is 0 Å². The minimum Gasteiger partial charge on any atom is -0.478 e. The van der Waals surface area contributed by atoms with Crippen molar-refractivity contribution in [3.05, 3.63) is 83.8 Å². The molecule has 5 nitrogen and oxygen atoms in total. The van der Waals surface area contributed by atoms with Crippen LogP contribution in [-0.4, -0.2) is 22.0 Å². The van der Waals surface area contributed by atoms with Crippen molar-refractivity contribution in [1.29, 1.82) is 0 Å². The summed E-state index contributed by atoms with van der Waals surface area (Å²) in [5.74, 6) is -1.99. The summed E-state index contributed by atoms with van der Waals surface area (Å²) in [5, 5.41) is 11.4. The highest BCUT2D eigenvalue weighted by Crippen LogP contribution is 2.25. The van der Waals surface area contributed by atoms with Gasteiger partial charge in [-0.3, -0.25) is 4.79 Å². The fourth-order valence-corrected chi connectivity index (χ4v) is 2.35. The minimum absolute atomic E-state index is 0.00808. The fourth-order valence-electron chi connectivity index (χ4n) is 2.35. The summed E-state index contributed by atoms with van der Waals surface area (Å²) in [6.45, 7) is 0. The Kier molecular flexibility index (Phi) is 4.52. The Labute approximate surface area is 142 Å². The molecule has 0 saturated heterocycles. The lowest BCUT2D eigenvalue weighted by atomic mass is 9.99. The number of hydrogen-bond acceptors (Lipinski definition) is 3. The van der Waals surface area contributed by atoms with Gasteiger partial charge in [0.1, 0.15) is 11.6 Å². The third-order valence-corrected chi connectivity index (χ3v) is 3.56. The van der Waals surface area contributed by atoms with E-state index in [0.29, 0.717) is 5.56 Å². The number of anilines is 1. The first-order chi connectivity index (χ1) is 12.0. The number of amides is 1. The Hall–Kier alpha value is -3.54.